The van der Waals surface area contributed by atoms with Crippen molar-refractivity contribution in [1.82, 2.24) is 14.1 Å². The normalized spacial score (nSPS) is 12.3. The Balaban J connectivity index is 3.09. The molecule has 0 aliphatic heterocycles. The molecule has 0 aliphatic carbocycles. The van der Waals surface area contributed by atoms with E-state index in [9.17, 15) is 8.42 Å². The number of sulfonamides is 1. The molecule has 9 heteroatoms. The first-order valence-electron chi connectivity index (χ1n) is 5.17. The third kappa shape index (κ3) is 3.36. The molecule has 0 saturated heterocycles. The van der Waals surface area contributed by atoms with Gasteiger partial charge in [0.15, 0.2) is 5.03 Å². The molecule has 0 aromatic carbocycles. The van der Waals surface area contributed by atoms with Crippen LogP contribution in [0.5, 0.6) is 0 Å². The number of hydrogen-bond donors (Lipinski definition) is 0. The predicted molar refractivity (Wildman–Crippen MR) is 69.6 cm³/mol. The number of ether oxygens (including phenoxy) is 1. The van der Waals surface area contributed by atoms with Gasteiger partial charge in [0, 0.05) is 33.1 Å². The summed E-state index contributed by atoms with van der Waals surface area (Å²) in [4.78, 5) is 0. The van der Waals surface area contributed by atoms with Crippen LogP contribution in [0.25, 0.3) is 0 Å². The summed E-state index contributed by atoms with van der Waals surface area (Å²) in [5, 5.41) is 3.88. The lowest BCUT2D eigenvalue weighted by Gasteiger charge is -2.20. The van der Waals surface area contributed by atoms with Crippen molar-refractivity contribution < 1.29 is 13.2 Å². The lowest BCUT2D eigenvalue weighted by atomic mass is 10.6. The number of aromatic nitrogens is 2. The molecule has 104 valence electrons. The lowest BCUT2D eigenvalue weighted by Crippen LogP contribution is -2.36. The SMILES string of the molecule is COCCN(CCCl)S(=O)(=O)c1c(Cl)cnn1C. The maximum absolute atomic E-state index is 12.4. The summed E-state index contributed by atoms with van der Waals surface area (Å²) in [5.41, 5.74) is 0. The Bertz CT molecular complexity index is 470. The van der Waals surface area contributed by atoms with Crippen molar-refractivity contribution in [3.63, 3.8) is 0 Å². The molecule has 0 saturated carbocycles. The summed E-state index contributed by atoms with van der Waals surface area (Å²) in [6.45, 7) is 0.688. The number of methoxy groups -OCH3 is 1. The van der Waals surface area contributed by atoms with E-state index in [1.807, 2.05) is 0 Å². The monoisotopic (exact) mass is 315 g/mol. The van der Waals surface area contributed by atoms with E-state index in [1.165, 1.54) is 29.3 Å². The smallest absolute Gasteiger partial charge is 0.261 e. The van der Waals surface area contributed by atoms with Crippen molar-refractivity contribution in [1.29, 1.82) is 0 Å². The molecule has 1 heterocycles. The van der Waals surface area contributed by atoms with Gasteiger partial charge in [0.1, 0.15) is 0 Å². The molecule has 0 bridgehead atoms. The lowest BCUT2D eigenvalue weighted by molar-refractivity contribution is 0.180. The molecular weight excluding hydrogens is 301 g/mol. The summed E-state index contributed by atoms with van der Waals surface area (Å²) in [5.74, 6) is 0.193. The molecule has 0 unspecified atom stereocenters. The van der Waals surface area contributed by atoms with Crippen molar-refractivity contribution in [2.75, 3.05) is 32.7 Å². The Kier molecular flexibility index (Phi) is 5.87. The molecule has 0 spiro atoms. The van der Waals surface area contributed by atoms with Crippen LogP contribution in [0.1, 0.15) is 0 Å². The van der Waals surface area contributed by atoms with Gasteiger partial charge in [0.25, 0.3) is 10.0 Å². The third-order valence-electron chi connectivity index (χ3n) is 2.31. The summed E-state index contributed by atoms with van der Waals surface area (Å²) in [6, 6.07) is 0. The Labute approximate surface area is 116 Å². The molecule has 0 radical (unpaired) electrons. The Morgan fingerprint density at radius 3 is 2.61 bits per heavy atom. The predicted octanol–water partition coefficient (Wildman–Crippen LogP) is 0.949. The largest absolute Gasteiger partial charge is 0.383 e. The molecule has 18 heavy (non-hydrogen) atoms. The van der Waals surface area contributed by atoms with Crippen molar-refractivity contribution in [3.8, 4) is 0 Å². The first kappa shape index (κ1) is 15.7. The van der Waals surface area contributed by atoms with Gasteiger partial charge in [-0.3, -0.25) is 4.68 Å². The summed E-state index contributed by atoms with van der Waals surface area (Å²) < 4.78 is 32.1. The van der Waals surface area contributed by atoms with Crippen LogP contribution in [0.3, 0.4) is 0 Å². The van der Waals surface area contributed by atoms with E-state index >= 15 is 0 Å². The van der Waals surface area contributed by atoms with Gasteiger partial charge in [-0.25, -0.2) is 8.42 Å². The standard InChI is InChI=1S/C9H15Cl2N3O3S/c1-13-9(8(11)7-12-13)18(15,16)14(4-3-10)5-6-17-2/h7H,3-6H2,1-2H3. The second-order valence-electron chi connectivity index (χ2n) is 3.51. The highest BCUT2D eigenvalue weighted by Gasteiger charge is 2.29. The minimum atomic E-state index is -3.72. The van der Waals surface area contributed by atoms with E-state index in [2.05, 4.69) is 5.10 Å². The average Bonchev–Trinajstić information content (AvgIpc) is 2.64. The zero-order valence-electron chi connectivity index (χ0n) is 10.1. The molecule has 1 rings (SSSR count). The first-order valence-corrected chi connectivity index (χ1v) is 7.53. The third-order valence-corrected chi connectivity index (χ3v) is 4.88. The first-order chi connectivity index (χ1) is 8.45. The number of hydrogen-bond acceptors (Lipinski definition) is 4. The fraction of sp³-hybridized carbons (Fsp3) is 0.667. The average molecular weight is 316 g/mol. The minimum Gasteiger partial charge on any atom is -0.383 e. The van der Waals surface area contributed by atoms with Crippen LogP contribution in [0.2, 0.25) is 5.02 Å². The molecule has 0 aliphatic rings. The van der Waals surface area contributed by atoms with Crippen molar-refractivity contribution in [2.45, 2.75) is 5.03 Å². The van der Waals surface area contributed by atoms with E-state index in [1.54, 1.807) is 0 Å². The summed E-state index contributed by atoms with van der Waals surface area (Å²) in [7, 11) is -0.692. The zero-order valence-corrected chi connectivity index (χ0v) is 12.5. The molecule has 0 fully saturated rings. The van der Waals surface area contributed by atoms with E-state index < -0.39 is 10.0 Å². The number of aryl methyl sites for hydroxylation is 1. The van der Waals surface area contributed by atoms with Crippen LogP contribution < -0.4 is 0 Å². The van der Waals surface area contributed by atoms with Crippen molar-refractivity contribution >= 4 is 33.2 Å². The van der Waals surface area contributed by atoms with Gasteiger partial charge in [0.05, 0.1) is 17.8 Å². The zero-order chi connectivity index (χ0) is 13.8. The van der Waals surface area contributed by atoms with E-state index in [0.29, 0.717) is 0 Å². The number of nitrogens with zero attached hydrogens (tertiary/aromatic N) is 3. The Hall–Kier alpha value is -0.340. The topological polar surface area (TPSA) is 64.4 Å². The highest BCUT2D eigenvalue weighted by atomic mass is 35.5. The van der Waals surface area contributed by atoms with Crippen LogP contribution in [-0.2, 0) is 21.8 Å². The van der Waals surface area contributed by atoms with Gasteiger partial charge >= 0.3 is 0 Å². The maximum atomic E-state index is 12.4. The van der Waals surface area contributed by atoms with Gasteiger partial charge < -0.3 is 4.74 Å². The highest BCUT2D eigenvalue weighted by molar-refractivity contribution is 7.89. The fourth-order valence-electron chi connectivity index (χ4n) is 1.45. The quantitative estimate of drug-likeness (QED) is 0.703. The fourth-order valence-corrected chi connectivity index (χ4v) is 3.79. The van der Waals surface area contributed by atoms with Gasteiger partial charge in [-0.15, -0.1) is 11.6 Å². The number of rotatable bonds is 7. The Morgan fingerprint density at radius 1 is 1.50 bits per heavy atom. The second-order valence-corrected chi connectivity index (χ2v) is 6.15. The maximum Gasteiger partial charge on any atom is 0.261 e. The molecule has 0 amide bonds. The highest BCUT2D eigenvalue weighted by Crippen LogP contribution is 2.23. The van der Waals surface area contributed by atoms with Crippen LogP contribution >= 0.6 is 23.2 Å². The molecule has 0 N–H and O–H groups in total. The molecule has 0 atom stereocenters. The molecule has 1 aromatic rings. The van der Waals surface area contributed by atoms with E-state index in [0.717, 1.165) is 0 Å². The number of halogens is 2. The van der Waals surface area contributed by atoms with Crippen molar-refractivity contribution in [3.05, 3.63) is 11.2 Å². The summed E-state index contributed by atoms with van der Waals surface area (Å²) >= 11 is 11.5. The van der Waals surface area contributed by atoms with E-state index in [-0.39, 0.29) is 35.6 Å². The molecule has 6 nitrogen and oxygen atoms in total. The second kappa shape index (κ2) is 6.72. The summed E-state index contributed by atoms with van der Waals surface area (Å²) in [6.07, 6.45) is 1.30. The molecular formula is C9H15Cl2N3O3S. The van der Waals surface area contributed by atoms with Crippen LogP contribution in [0, 0.1) is 0 Å². The van der Waals surface area contributed by atoms with Crippen LogP contribution in [0.15, 0.2) is 11.2 Å². The van der Waals surface area contributed by atoms with Crippen LogP contribution in [0.4, 0.5) is 0 Å². The van der Waals surface area contributed by atoms with Gasteiger partial charge in [0.2, 0.25) is 0 Å². The Morgan fingerprint density at radius 2 is 2.17 bits per heavy atom. The van der Waals surface area contributed by atoms with Gasteiger partial charge in [-0.1, -0.05) is 11.6 Å². The minimum absolute atomic E-state index is 0.0367. The molecule has 1 aromatic heterocycles. The van der Waals surface area contributed by atoms with Crippen molar-refractivity contribution in [2.24, 2.45) is 7.05 Å². The van der Waals surface area contributed by atoms with Gasteiger partial charge in [-0.2, -0.15) is 9.40 Å². The van der Waals surface area contributed by atoms with E-state index in [4.69, 9.17) is 27.9 Å². The van der Waals surface area contributed by atoms with Gasteiger partial charge in [-0.05, 0) is 0 Å². The van der Waals surface area contributed by atoms with Crippen LogP contribution in [-0.4, -0.2) is 55.2 Å². The number of alkyl halides is 1.